The topological polar surface area (TPSA) is 108 Å². The maximum atomic E-state index is 11.7. The number of tetrazole rings is 1. The molecule has 0 spiro atoms. The molecule has 0 unspecified atom stereocenters. The fraction of sp³-hybridized carbons (Fsp3) is 0.222. The summed E-state index contributed by atoms with van der Waals surface area (Å²) < 4.78 is 0. The van der Waals surface area contributed by atoms with Gasteiger partial charge in [0.15, 0.2) is 5.82 Å². The van der Waals surface area contributed by atoms with Gasteiger partial charge in [-0.15, -0.1) is 10.2 Å². The van der Waals surface area contributed by atoms with Crippen molar-refractivity contribution in [3.8, 4) is 0 Å². The van der Waals surface area contributed by atoms with Gasteiger partial charge in [0.05, 0.1) is 6.54 Å². The number of nitrogens with one attached hydrogen (secondary N) is 3. The molecule has 0 fully saturated rings. The van der Waals surface area contributed by atoms with Crippen molar-refractivity contribution in [2.45, 2.75) is 6.54 Å². The predicted molar refractivity (Wildman–Crippen MR) is 59.1 cm³/mol. The van der Waals surface area contributed by atoms with E-state index in [1.165, 1.54) is 0 Å². The van der Waals surface area contributed by atoms with E-state index in [4.69, 9.17) is 0 Å². The molecule has 2 rings (SSSR count). The van der Waals surface area contributed by atoms with Crippen LogP contribution in [0.25, 0.3) is 0 Å². The second kappa shape index (κ2) is 5.01. The molecule has 17 heavy (non-hydrogen) atoms. The number of nitrogens with zero attached hydrogens (tertiary/aromatic N) is 4. The highest BCUT2D eigenvalue weighted by atomic mass is 16.1. The van der Waals surface area contributed by atoms with Crippen LogP contribution >= 0.6 is 0 Å². The molecule has 0 atom stereocenters. The Kier molecular flexibility index (Phi) is 3.24. The van der Waals surface area contributed by atoms with Crippen LogP contribution in [-0.4, -0.2) is 38.6 Å². The predicted octanol–water partition coefficient (Wildman–Crippen LogP) is -0.434. The Morgan fingerprint density at radius 1 is 1.53 bits per heavy atom. The van der Waals surface area contributed by atoms with E-state index in [-0.39, 0.29) is 12.5 Å². The third kappa shape index (κ3) is 2.74. The van der Waals surface area contributed by atoms with Gasteiger partial charge >= 0.3 is 0 Å². The van der Waals surface area contributed by atoms with Gasteiger partial charge < -0.3 is 10.6 Å². The lowest BCUT2D eigenvalue weighted by Crippen LogP contribution is -2.24. The van der Waals surface area contributed by atoms with E-state index in [1.807, 2.05) is 0 Å². The summed E-state index contributed by atoms with van der Waals surface area (Å²) in [5.41, 5.74) is 1.16. The number of anilines is 1. The van der Waals surface area contributed by atoms with Gasteiger partial charge in [0.2, 0.25) is 0 Å². The van der Waals surface area contributed by atoms with Crippen LogP contribution in [0.2, 0.25) is 0 Å². The van der Waals surface area contributed by atoms with Gasteiger partial charge in [-0.05, 0) is 12.1 Å². The second-order valence-corrected chi connectivity index (χ2v) is 3.19. The van der Waals surface area contributed by atoms with Crippen molar-refractivity contribution < 1.29 is 4.79 Å². The monoisotopic (exact) mass is 233 g/mol. The first kappa shape index (κ1) is 11.0. The van der Waals surface area contributed by atoms with Gasteiger partial charge in [-0.2, -0.15) is 5.21 Å². The van der Waals surface area contributed by atoms with Crippen LogP contribution < -0.4 is 10.6 Å². The number of carbonyl (C=O) groups is 1. The lowest BCUT2D eigenvalue weighted by molar-refractivity contribution is 0.0945. The SMILES string of the molecule is CNc1ccnc(C(=O)NCc2nn[nH]n2)c1. The number of pyridine rings is 1. The average molecular weight is 233 g/mol. The molecule has 8 nitrogen and oxygen atoms in total. The smallest absolute Gasteiger partial charge is 0.270 e. The molecule has 0 aliphatic rings. The van der Waals surface area contributed by atoms with Crippen LogP contribution in [0, 0.1) is 0 Å². The number of aromatic amines is 1. The van der Waals surface area contributed by atoms with Crippen LogP contribution in [0.15, 0.2) is 18.3 Å². The molecule has 88 valence electrons. The highest BCUT2D eigenvalue weighted by molar-refractivity contribution is 5.92. The third-order valence-corrected chi connectivity index (χ3v) is 2.08. The largest absolute Gasteiger partial charge is 0.388 e. The molecule has 3 N–H and O–H groups in total. The normalized spacial score (nSPS) is 9.94. The van der Waals surface area contributed by atoms with E-state index in [9.17, 15) is 4.79 Å². The van der Waals surface area contributed by atoms with Crippen molar-refractivity contribution in [3.05, 3.63) is 29.8 Å². The number of H-pyrrole nitrogens is 1. The van der Waals surface area contributed by atoms with E-state index in [1.54, 1.807) is 25.4 Å². The molecule has 0 aliphatic carbocycles. The first-order valence-electron chi connectivity index (χ1n) is 4.94. The summed E-state index contributed by atoms with van der Waals surface area (Å²) in [7, 11) is 1.77. The highest BCUT2D eigenvalue weighted by Crippen LogP contribution is 2.06. The zero-order chi connectivity index (χ0) is 12.1. The molecule has 0 bridgehead atoms. The van der Waals surface area contributed by atoms with Gasteiger partial charge in [-0.3, -0.25) is 9.78 Å². The van der Waals surface area contributed by atoms with E-state index in [0.29, 0.717) is 11.5 Å². The fourth-order valence-electron chi connectivity index (χ4n) is 1.22. The molecular formula is C9H11N7O. The Bertz CT molecular complexity index is 496. The van der Waals surface area contributed by atoms with Crippen LogP contribution in [0.1, 0.15) is 16.3 Å². The van der Waals surface area contributed by atoms with E-state index in [2.05, 4.69) is 36.2 Å². The average Bonchev–Trinajstić information content (AvgIpc) is 2.89. The molecule has 1 amide bonds. The summed E-state index contributed by atoms with van der Waals surface area (Å²) in [4.78, 5) is 15.7. The van der Waals surface area contributed by atoms with Gasteiger partial charge in [-0.1, -0.05) is 5.21 Å². The Hall–Kier alpha value is -2.51. The van der Waals surface area contributed by atoms with Crippen LogP contribution in [0.3, 0.4) is 0 Å². The number of hydrogen-bond donors (Lipinski definition) is 3. The summed E-state index contributed by atoms with van der Waals surface area (Å²) in [5, 5.41) is 18.7. The Morgan fingerprint density at radius 3 is 3.12 bits per heavy atom. The Balaban J connectivity index is 1.99. The lowest BCUT2D eigenvalue weighted by atomic mass is 10.3. The minimum absolute atomic E-state index is 0.209. The van der Waals surface area contributed by atoms with Crippen LogP contribution in [-0.2, 0) is 6.54 Å². The lowest BCUT2D eigenvalue weighted by Gasteiger charge is -2.04. The summed E-state index contributed by atoms with van der Waals surface area (Å²) in [5.74, 6) is 0.134. The molecule has 8 heteroatoms. The number of aromatic nitrogens is 5. The zero-order valence-electron chi connectivity index (χ0n) is 9.14. The number of amides is 1. The molecule has 0 saturated carbocycles. The number of rotatable bonds is 4. The standard InChI is InChI=1S/C9H11N7O/c1-10-6-2-3-11-7(4-6)9(17)12-5-8-13-15-16-14-8/h2-4H,5H2,1H3,(H,10,11)(H,12,17)(H,13,14,15,16). The number of carbonyl (C=O) groups excluding carboxylic acids is 1. The molecule has 2 aromatic heterocycles. The maximum Gasteiger partial charge on any atom is 0.270 e. The number of hydrogen-bond acceptors (Lipinski definition) is 6. The third-order valence-electron chi connectivity index (χ3n) is 2.08. The van der Waals surface area contributed by atoms with Crippen molar-refractivity contribution in [2.75, 3.05) is 12.4 Å². The van der Waals surface area contributed by atoms with E-state index >= 15 is 0 Å². The summed E-state index contributed by atoms with van der Waals surface area (Å²) in [6, 6.07) is 3.43. The van der Waals surface area contributed by atoms with Crippen molar-refractivity contribution >= 4 is 11.6 Å². The first-order valence-corrected chi connectivity index (χ1v) is 4.94. The van der Waals surface area contributed by atoms with Gasteiger partial charge in [-0.25, -0.2) is 0 Å². The zero-order valence-corrected chi connectivity index (χ0v) is 9.14. The van der Waals surface area contributed by atoms with E-state index < -0.39 is 0 Å². The van der Waals surface area contributed by atoms with Crippen molar-refractivity contribution in [3.63, 3.8) is 0 Å². The van der Waals surface area contributed by atoms with Gasteiger partial charge in [0.25, 0.3) is 5.91 Å². The molecule has 0 aliphatic heterocycles. The molecule has 2 heterocycles. The minimum Gasteiger partial charge on any atom is -0.388 e. The summed E-state index contributed by atoms with van der Waals surface area (Å²) in [6.07, 6.45) is 1.56. The fourth-order valence-corrected chi connectivity index (χ4v) is 1.22. The highest BCUT2D eigenvalue weighted by Gasteiger charge is 2.08. The van der Waals surface area contributed by atoms with Crippen LogP contribution in [0.5, 0.6) is 0 Å². The molecule has 0 saturated heterocycles. The Morgan fingerprint density at radius 2 is 2.41 bits per heavy atom. The van der Waals surface area contributed by atoms with Crippen molar-refractivity contribution in [1.82, 2.24) is 30.9 Å². The molecule has 0 radical (unpaired) electrons. The first-order chi connectivity index (χ1) is 8.29. The van der Waals surface area contributed by atoms with E-state index in [0.717, 1.165) is 5.69 Å². The van der Waals surface area contributed by atoms with Crippen LogP contribution in [0.4, 0.5) is 5.69 Å². The van der Waals surface area contributed by atoms with Crippen molar-refractivity contribution in [2.24, 2.45) is 0 Å². The Labute approximate surface area is 96.8 Å². The molecule has 0 aromatic carbocycles. The maximum absolute atomic E-state index is 11.7. The van der Waals surface area contributed by atoms with Crippen molar-refractivity contribution in [1.29, 1.82) is 0 Å². The minimum atomic E-state index is -0.285. The van der Waals surface area contributed by atoms with Gasteiger partial charge in [0.1, 0.15) is 5.69 Å². The quantitative estimate of drug-likeness (QED) is 0.661. The van der Waals surface area contributed by atoms with Gasteiger partial charge in [0, 0.05) is 18.9 Å². The molecular weight excluding hydrogens is 222 g/mol. The molecule has 2 aromatic rings. The summed E-state index contributed by atoms with van der Waals surface area (Å²) >= 11 is 0. The summed E-state index contributed by atoms with van der Waals surface area (Å²) in [6.45, 7) is 0.209. The second-order valence-electron chi connectivity index (χ2n) is 3.19.